The van der Waals surface area contributed by atoms with E-state index in [1.54, 1.807) is 12.1 Å². The van der Waals surface area contributed by atoms with E-state index in [9.17, 15) is 0 Å². The molecule has 2 rings (SSSR count). The SMILES string of the molecule is C[C@H]1OC(c2ccc(C#N)cc2)O[C@@H]1C. The molecule has 1 saturated heterocycles. The second-order valence-electron chi connectivity index (χ2n) is 3.75. The third kappa shape index (κ3) is 2.01. The second kappa shape index (κ2) is 4.01. The smallest absolute Gasteiger partial charge is 0.184 e. The zero-order chi connectivity index (χ0) is 10.8. The lowest BCUT2D eigenvalue weighted by Gasteiger charge is -2.09. The number of nitriles is 1. The van der Waals surface area contributed by atoms with Crippen molar-refractivity contribution >= 4 is 0 Å². The number of rotatable bonds is 1. The van der Waals surface area contributed by atoms with E-state index in [-0.39, 0.29) is 18.5 Å². The van der Waals surface area contributed by atoms with Gasteiger partial charge in [-0.1, -0.05) is 12.1 Å². The first-order chi connectivity index (χ1) is 7.20. The minimum Gasteiger partial charge on any atom is -0.343 e. The van der Waals surface area contributed by atoms with Crippen LogP contribution < -0.4 is 0 Å². The van der Waals surface area contributed by atoms with Gasteiger partial charge in [0.05, 0.1) is 23.8 Å². The Balaban J connectivity index is 2.14. The van der Waals surface area contributed by atoms with Crippen LogP contribution in [0.3, 0.4) is 0 Å². The lowest BCUT2D eigenvalue weighted by Crippen LogP contribution is -2.13. The van der Waals surface area contributed by atoms with Gasteiger partial charge in [-0.05, 0) is 26.0 Å². The van der Waals surface area contributed by atoms with Crippen molar-refractivity contribution < 1.29 is 9.47 Å². The fourth-order valence-corrected chi connectivity index (χ4v) is 1.52. The molecule has 0 amide bonds. The van der Waals surface area contributed by atoms with E-state index < -0.39 is 0 Å². The van der Waals surface area contributed by atoms with E-state index >= 15 is 0 Å². The van der Waals surface area contributed by atoms with Crippen molar-refractivity contribution in [1.29, 1.82) is 5.26 Å². The summed E-state index contributed by atoms with van der Waals surface area (Å²) in [7, 11) is 0. The van der Waals surface area contributed by atoms with Gasteiger partial charge in [-0.2, -0.15) is 5.26 Å². The van der Waals surface area contributed by atoms with Crippen molar-refractivity contribution in [3.63, 3.8) is 0 Å². The second-order valence-corrected chi connectivity index (χ2v) is 3.75. The lowest BCUT2D eigenvalue weighted by molar-refractivity contribution is -0.0652. The van der Waals surface area contributed by atoms with Gasteiger partial charge in [0.25, 0.3) is 0 Å². The molecule has 0 bridgehead atoms. The van der Waals surface area contributed by atoms with Crippen molar-refractivity contribution in [2.45, 2.75) is 32.3 Å². The average Bonchev–Trinajstić information content (AvgIpc) is 2.59. The highest BCUT2D eigenvalue weighted by Crippen LogP contribution is 2.30. The highest BCUT2D eigenvalue weighted by atomic mass is 16.7. The molecule has 1 fully saturated rings. The molecule has 3 nitrogen and oxygen atoms in total. The largest absolute Gasteiger partial charge is 0.343 e. The predicted octanol–water partition coefficient (Wildman–Crippen LogP) is 2.38. The van der Waals surface area contributed by atoms with Crippen LogP contribution in [0.15, 0.2) is 24.3 Å². The summed E-state index contributed by atoms with van der Waals surface area (Å²) < 4.78 is 11.3. The van der Waals surface area contributed by atoms with Crippen molar-refractivity contribution in [2.75, 3.05) is 0 Å². The molecule has 0 unspecified atom stereocenters. The van der Waals surface area contributed by atoms with Gasteiger partial charge in [-0.3, -0.25) is 0 Å². The summed E-state index contributed by atoms with van der Waals surface area (Å²) in [5, 5.41) is 8.67. The van der Waals surface area contributed by atoms with Crippen LogP contribution in [0, 0.1) is 11.3 Å². The summed E-state index contributed by atoms with van der Waals surface area (Å²) in [6.45, 7) is 3.99. The monoisotopic (exact) mass is 203 g/mol. The van der Waals surface area contributed by atoms with Crippen LogP contribution in [0.25, 0.3) is 0 Å². The molecule has 1 aromatic carbocycles. The van der Waals surface area contributed by atoms with Crippen molar-refractivity contribution in [3.8, 4) is 6.07 Å². The Morgan fingerprint density at radius 2 is 1.60 bits per heavy atom. The van der Waals surface area contributed by atoms with Crippen LogP contribution in [0.2, 0.25) is 0 Å². The van der Waals surface area contributed by atoms with Crippen LogP contribution in [-0.2, 0) is 9.47 Å². The fraction of sp³-hybridized carbons (Fsp3) is 0.417. The van der Waals surface area contributed by atoms with Gasteiger partial charge in [0.1, 0.15) is 0 Å². The molecule has 0 N–H and O–H groups in total. The van der Waals surface area contributed by atoms with Crippen LogP contribution >= 0.6 is 0 Å². The lowest BCUT2D eigenvalue weighted by atomic mass is 10.1. The molecule has 0 saturated carbocycles. The molecule has 0 radical (unpaired) electrons. The van der Waals surface area contributed by atoms with E-state index in [0.717, 1.165) is 5.56 Å². The van der Waals surface area contributed by atoms with Gasteiger partial charge in [-0.15, -0.1) is 0 Å². The molecule has 1 aliphatic heterocycles. The molecule has 0 spiro atoms. The Labute approximate surface area is 89.2 Å². The summed E-state index contributed by atoms with van der Waals surface area (Å²) in [4.78, 5) is 0. The van der Waals surface area contributed by atoms with E-state index in [2.05, 4.69) is 6.07 Å². The van der Waals surface area contributed by atoms with Gasteiger partial charge < -0.3 is 9.47 Å². The van der Waals surface area contributed by atoms with Gasteiger partial charge in [0, 0.05) is 5.56 Å². The Bertz CT molecular complexity index is 370. The third-order valence-corrected chi connectivity index (χ3v) is 2.65. The van der Waals surface area contributed by atoms with E-state index in [1.165, 1.54) is 0 Å². The maximum atomic E-state index is 8.67. The highest BCUT2D eigenvalue weighted by Gasteiger charge is 2.30. The van der Waals surface area contributed by atoms with E-state index in [1.807, 2.05) is 26.0 Å². The summed E-state index contributed by atoms with van der Waals surface area (Å²) in [5.41, 5.74) is 1.61. The van der Waals surface area contributed by atoms with E-state index in [0.29, 0.717) is 5.56 Å². The quantitative estimate of drug-likeness (QED) is 0.703. The predicted molar refractivity (Wildman–Crippen MR) is 55.0 cm³/mol. The van der Waals surface area contributed by atoms with Crippen molar-refractivity contribution in [1.82, 2.24) is 0 Å². The first-order valence-electron chi connectivity index (χ1n) is 5.01. The van der Waals surface area contributed by atoms with Gasteiger partial charge >= 0.3 is 0 Å². The number of hydrogen-bond donors (Lipinski definition) is 0. The summed E-state index contributed by atoms with van der Waals surface area (Å²) in [5.74, 6) is 0. The van der Waals surface area contributed by atoms with Crippen LogP contribution in [0.1, 0.15) is 31.3 Å². The van der Waals surface area contributed by atoms with Crippen LogP contribution in [0.5, 0.6) is 0 Å². The molecule has 0 aromatic heterocycles. The van der Waals surface area contributed by atoms with E-state index in [4.69, 9.17) is 14.7 Å². The normalized spacial score (nSPS) is 26.5. The molecule has 1 aliphatic rings. The van der Waals surface area contributed by atoms with Gasteiger partial charge in [0.15, 0.2) is 6.29 Å². The summed E-state index contributed by atoms with van der Waals surface area (Å²) in [6, 6.07) is 9.37. The molecule has 15 heavy (non-hydrogen) atoms. The molecule has 0 aliphatic carbocycles. The number of hydrogen-bond acceptors (Lipinski definition) is 3. The first kappa shape index (κ1) is 10.2. The Kier molecular flexibility index (Phi) is 2.72. The molecule has 2 atom stereocenters. The Hall–Kier alpha value is -1.37. The maximum absolute atomic E-state index is 8.67. The number of nitrogens with zero attached hydrogens (tertiary/aromatic N) is 1. The third-order valence-electron chi connectivity index (χ3n) is 2.65. The Morgan fingerprint density at radius 1 is 1.07 bits per heavy atom. The number of ether oxygens (including phenoxy) is 2. The Morgan fingerprint density at radius 3 is 2.07 bits per heavy atom. The van der Waals surface area contributed by atoms with Crippen molar-refractivity contribution in [2.24, 2.45) is 0 Å². The topological polar surface area (TPSA) is 42.2 Å². The molecule has 3 heteroatoms. The summed E-state index contributed by atoms with van der Waals surface area (Å²) >= 11 is 0. The highest BCUT2D eigenvalue weighted by molar-refractivity contribution is 5.32. The zero-order valence-corrected chi connectivity index (χ0v) is 8.81. The molecular weight excluding hydrogens is 190 g/mol. The fourth-order valence-electron chi connectivity index (χ4n) is 1.52. The van der Waals surface area contributed by atoms with Crippen LogP contribution in [0.4, 0.5) is 0 Å². The van der Waals surface area contributed by atoms with Crippen molar-refractivity contribution in [3.05, 3.63) is 35.4 Å². The molecule has 1 aromatic rings. The standard InChI is InChI=1S/C12H13NO2/c1-8-9(2)15-12(14-8)11-5-3-10(7-13)4-6-11/h3-6,8-9,12H,1-2H3/t8-,9-/m1/s1. The molecule has 78 valence electrons. The summed E-state index contributed by atoms with van der Waals surface area (Å²) in [6.07, 6.45) is -0.0565. The van der Waals surface area contributed by atoms with Gasteiger partial charge in [0.2, 0.25) is 0 Å². The van der Waals surface area contributed by atoms with Gasteiger partial charge in [-0.25, -0.2) is 0 Å². The van der Waals surface area contributed by atoms with Crippen LogP contribution in [-0.4, -0.2) is 12.2 Å². The molecular formula is C12H13NO2. The number of benzene rings is 1. The zero-order valence-electron chi connectivity index (χ0n) is 8.81. The first-order valence-corrected chi connectivity index (χ1v) is 5.01. The minimum absolute atomic E-state index is 0.116. The molecule has 1 heterocycles. The average molecular weight is 203 g/mol. The maximum Gasteiger partial charge on any atom is 0.184 e. The minimum atomic E-state index is -0.289.